The van der Waals surface area contributed by atoms with E-state index in [9.17, 15) is 14.7 Å². The molecular formula is C22H24N2O5. The molecule has 1 fully saturated rings. The molecule has 4 rings (SSSR count). The Morgan fingerprint density at radius 3 is 2.72 bits per heavy atom. The van der Waals surface area contributed by atoms with Crippen LogP contribution < -0.4 is 5.32 Å². The molecule has 152 valence electrons. The summed E-state index contributed by atoms with van der Waals surface area (Å²) in [6, 6.07) is 14.3. The molecule has 0 aliphatic carbocycles. The van der Waals surface area contributed by atoms with Crippen LogP contribution in [0.1, 0.15) is 33.9 Å². The second-order valence-corrected chi connectivity index (χ2v) is 7.36. The van der Waals surface area contributed by atoms with Crippen LogP contribution in [0.25, 0.3) is 0 Å². The number of ether oxygens (including phenoxy) is 2. The second kappa shape index (κ2) is 8.13. The minimum Gasteiger partial charge on any atom is -0.465 e. The first-order chi connectivity index (χ1) is 14.1. The summed E-state index contributed by atoms with van der Waals surface area (Å²) in [6.45, 7) is 0.694. The highest BCUT2D eigenvalue weighted by Crippen LogP contribution is 2.46. The molecule has 0 radical (unpaired) electrons. The molecule has 7 heteroatoms. The van der Waals surface area contributed by atoms with Crippen molar-refractivity contribution in [3.63, 3.8) is 0 Å². The number of nitrogens with one attached hydrogen (secondary N) is 1. The average molecular weight is 396 g/mol. The van der Waals surface area contributed by atoms with Crippen LogP contribution in [0.3, 0.4) is 0 Å². The molecule has 7 nitrogen and oxygen atoms in total. The summed E-state index contributed by atoms with van der Waals surface area (Å²) in [6.07, 6.45) is 0.347. The minimum atomic E-state index is -0.426. The zero-order valence-electron chi connectivity index (χ0n) is 16.2. The Kier molecular flexibility index (Phi) is 5.40. The average Bonchev–Trinajstić information content (AvgIpc) is 3.22. The first-order valence-electron chi connectivity index (χ1n) is 9.69. The number of aliphatic hydroxyl groups excluding tert-OH is 1. The van der Waals surface area contributed by atoms with Gasteiger partial charge in [-0.3, -0.25) is 0 Å². The lowest BCUT2D eigenvalue weighted by molar-refractivity contribution is 0.0600. The molecule has 0 saturated carbocycles. The molecule has 0 bridgehead atoms. The number of carbonyl (C=O) groups is 2. The maximum Gasteiger partial charge on any atom is 0.410 e. The normalized spacial score (nSPS) is 22.3. The zero-order valence-corrected chi connectivity index (χ0v) is 16.2. The first-order valence-corrected chi connectivity index (χ1v) is 9.69. The number of nitrogens with zero attached hydrogens (tertiary/aromatic N) is 1. The van der Waals surface area contributed by atoms with E-state index in [1.807, 2.05) is 30.3 Å². The number of anilines is 1. The Morgan fingerprint density at radius 2 is 2.00 bits per heavy atom. The molecule has 2 aliphatic rings. The second-order valence-electron chi connectivity index (χ2n) is 7.36. The molecule has 2 N–H and O–H groups in total. The van der Waals surface area contributed by atoms with Crippen molar-refractivity contribution in [2.45, 2.75) is 25.1 Å². The lowest BCUT2D eigenvalue weighted by Gasteiger charge is -2.38. The van der Waals surface area contributed by atoms with Crippen molar-refractivity contribution in [1.82, 2.24) is 4.90 Å². The van der Waals surface area contributed by atoms with Crippen molar-refractivity contribution in [2.75, 3.05) is 25.6 Å². The first kappa shape index (κ1) is 19.3. The number of amides is 1. The van der Waals surface area contributed by atoms with E-state index in [2.05, 4.69) is 5.32 Å². The summed E-state index contributed by atoms with van der Waals surface area (Å²) in [5.74, 6) is -0.394. The number of likely N-dealkylation sites (tertiary alicyclic amines) is 1. The van der Waals surface area contributed by atoms with E-state index in [0.29, 0.717) is 12.1 Å². The van der Waals surface area contributed by atoms with E-state index in [0.717, 1.165) is 23.2 Å². The van der Waals surface area contributed by atoms with Gasteiger partial charge >= 0.3 is 12.1 Å². The SMILES string of the molecule is COC(=O)c1ccc2c(c1)[C@@H]1[C@@H](CCN1C(=O)OCc1ccccc1)[C@@H](CO)N2. The van der Waals surface area contributed by atoms with Gasteiger partial charge in [-0.25, -0.2) is 9.59 Å². The summed E-state index contributed by atoms with van der Waals surface area (Å²) in [7, 11) is 1.34. The molecular weight excluding hydrogens is 372 g/mol. The predicted octanol–water partition coefficient (Wildman–Crippen LogP) is 2.96. The number of esters is 1. The van der Waals surface area contributed by atoms with Gasteiger partial charge in [-0.15, -0.1) is 0 Å². The zero-order chi connectivity index (χ0) is 20.4. The predicted molar refractivity (Wildman–Crippen MR) is 106 cm³/mol. The van der Waals surface area contributed by atoms with Gasteiger partial charge in [-0.2, -0.15) is 0 Å². The number of fused-ring (bicyclic) bond motifs is 3. The van der Waals surface area contributed by atoms with E-state index in [1.54, 1.807) is 23.1 Å². The Bertz CT molecular complexity index is 901. The molecule has 0 aromatic heterocycles. The van der Waals surface area contributed by atoms with Gasteiger partial charge in [-0.1, -0.05) is 30.3 Å². The van der Waals surface area contributed by atoms with Gasteiger partial charge in [0.25, 0.3) is 0 Å². The highest BCUT2D eigenvalue weighted by atomic mass is 16.6. The van der Waals surface area contributed by atoms with E-state index in [1.165, 1.54) is 7.11 Å². The van der Waals surface area contributed by atoms with Gasteiger partial charge in [0.2, 0.25) is 0 Å². The molecule has 29 heavy (non-hydrogen) atoms. The number of hydrogen-bond acceptors (Lipinski definition) is 6. The monoisotopic (exact) mass is 396 g/mol. The van der Waals surface area contributed by atoms with Crippen molar-refractivity contribution in [2.24, 2.45) is 5.92 Å². The van der Waals surface area contributed by atoms with Crippen LogP contribution in [0.2, 0.25) is 0 Å². The fourth-order valence-corrected chi connectivity index (χ4v) is 4.31. The molecule has 2 aromatic carbocycles. The standard InChI is InChI=1S/C22H24N2O5/c1-28-21(26)15-7-8-18-17(11-15)20-16(19(12-25)23-18)9-10-24(20)22(27)29-13-14-5-3-2-4-6-14/h2-8,11,16,19-20,23,25H,9-10,12-13H2,1H3/t16-,19+,20-/m0/s1. The molecule has 2 aromatic rings. The van der Waals surface area contributed by atoms with E-state index in [4.69, 9.17) is 9.47 Å². The maximum absolute atomic E-state index is 12.9. The van der Waals surface area contributed by atoms with Gasteiger partial charge in [0.1, 0.15) is 6.61 Å². The van der Waals surface area contributed by atoms with Crippen molar-refractivity contribution in [3.8, 4) is 0 Å². The van der Waals surface area contributed by atoms with E-state index < -0.39 is 12.1 Å². The van der Waals surface area contributed by atoms with Crippen molar-refractivity contribution in [3.05, 3.63) is 65.2 Å². The summed E-state index contributed by atoms with van der Waals surface area (Å²) in [5.41, 5.74) is 3.00. The van der Waals surface area contributed by atoms with Crippen LogP contribution in [-0.4, -0.2) is 48.4 Å². The molecule has 2 aliphatic heterocycles. The van der Waals surface area contributed by atoms with E-state index >= 15 is 0 Å². The lowest BCUT2D eigenvalue weighted by Crippen LogP contribution is -2.43. The van der Waals surface area contributed by atoms with Gasteiger partial charge in [-0.05, 0) is 35.7 Å². The van der Waals surface area contributed by atoms with Crippen LogP contribution in [-0.2, 0) is 16.1 Å². The van der Waals surface area contributed by atoms with Gasteiger partial charge in [0.15, 0.2) is 0 Å². The number of rotatable bonds is 4. The minimum absolute atomic E-state index is 0.0321. The summed E-state index contributed by atoms with van der Waals surface area (Å²) in [5, 5.41) is 13.2. The summed E-state index contributed by atoms with van der Waals surface area (Å²) in [4.78, 5) is 26.6. The van der Waals surface area contributed by atoms with E-state index in [-0.39, 0.29) is 31.2 Å². The third kappa shape index (κ3) is 3.65. The molecule has 1 saturated heterocycles. The molecule has 1 amide bonds. The Balaban J connectivity index is 1.61. The van der Waals surface area contributed by atoms with Gasteiger partial charge in [0, 0.05) is 18.2 Å². The highest BCUT2D eigenvalue weighted by Gasteiger charge is 2.46. The van der Waals surface area contributed by atoms with Crippen molar-refractivity contribution >= 4 is 17.7 Å². The third-order valence-electron chi connectivity index (χ3n) is 5.73. The van der Waals surface area contributed by atoms with Crippen LogP contribution in [0.5, 0.6) is 0 Å². The molecule has 0 spiro atoms. The maximum atomic E-state index is 12.9. The number of methoxy groups -OCH3 is 1. The highest BCUT2D eigenvalue weighted by molar-refractivity contribution is 5.90. The third-order valence-corrected chi connectivity index (χ3v) is 5.73. The van der Waals surface area contributed by atoms with Gasteiger partial charge in [0.05, 0.1) is 31.4 Å². The fraction of sp³-hybridized carbons (Fsp3) is 0.364. The topological polar surface area (TPSA) is 88.1 Å². The number of aliphatic hydroxyl groups is 1. The molecule has 0 unspecified atom stereocenters. The number of carbonyl (C=O) groups excluding carboxylic acids is 2. The fourth-order valence-electron chi connectivity index (χ4n) is 4.31. The van der Waals surface area contributed by atoms with Gasteiger partial charge < -0.3 is 24.8 Å². The number of benzene rings is 2. The van der Waals surface area contributed by atoms with Crippen LogP contribution in [0, 0.1) is 5.92 Å². The van der Waals surface area contributed by atoms with Crippen molar-refractivity contribution in [1.29, 1.82) is 0 Å². The quantitative estimate of drug-likeness (QED) is 0.773. The summed E-state index contributed by atoms with van der Waals surface area (Å²) < 4.78 is 10.4. The Morgan fingerprint density at radius 1 is 1.21 bits per heavy atom. The largest absolute Gasteiger partial charge is 0.465 e. The van der Waals surface area contributed by atoms with Crippen LogP contribution in [0.4, 0.5) is 10.5 Å². The number of hydrogen-bond donors (Lipinski definition) is 2. The summed E-state index contributed by atoms with van der Waals surface area (Å²) >= 11 is 0. The molecule has 3 atom stereocenters. The van der Waals surface area contributed by atoms with Crippen LogP contribution >= 0.6 is 0 Å². The lowest BCUT2D eigenvalue weighted by atomic mass is 9.82. The van der Waals surface area contributed by atoms with Crippen LogP contribution in [0.15, 0.2) is 48.5 Å². The Labute approximate surface area is 169 Å². The smallest absolute Gasteiger partial charge is 0.410 e. The van der Waals surface area contributed by atoms with Crippen molar-refractivity contribution < 1.29 is 24.2 Å². The molecule has 2 heterocycles. The Hall–Kier alpha value is -3.06.